The Morgan fingerprint density at radius 1 is 1.17 bits per heavy atom. The van der Waals surface area contributed by atoms with Crippen molar-refractivity contribution in [2.75, 3.05) is 18.5 Å². The molecule has 2 aromatic carbocycles. The molecular formula is C22H23N4O3+. The number of nitrogens with one attached hydrogen (secondary N) is 2. The Morgan fingerprint density at radius 2 is 1.93 bits per heavy atom. The molecule has 148 valence electrons. The first-order chi connectivity index (χ1) is 14.1. The van der Waals surface area contributed by atoms with Crippen LogP contribution in [0.25, 0.3) is 10.9 Å². The van der Waals surface area contributed by atoms with Gasteiger partial charge in [-0.05, 0) is 35.9 Å². The minimum absolute atomic E-state index is 0.184. The highest BCUT2D eigenvalue weighted by molar-refractivity contribution is 6.21. The number of quaternary nitrogens is 1. The summed E-state index contributed by atoms with van der Waals surface area (Å²) in [6.07, 6.45) is 2.99. The van der Waals surface area contributed by atoms with E-state index in [2.05, 4.69) is 16.4 Å². The van der Waals surface area contributed by atoms with Gasteiger partial charge in [0.25, 0.3) is 11.8 Å². The van der Waals surface area contributed by atoms with Crippen LogP contribution in [0.5, 0.6) is 0 Å². The average Bonchev–Trinajstić information content (AvgIpc) is 3.28. The van der Waals surface area contributed by atoms with Crippen molar-refractivity contribution >= 4 is 34.3 Å². The van der Waals surface area contributed by atoms with Gasteiger partial charge in [-0.25, -0.2) is 4.90 Å². The lowest BCUT2D eigenvalue weighted by molar-refractivity contribution is -0.674. The molecule has 1 aromatic heterocycles. The van der Waals surface area contributed by atoms with E-state index in [0.29, 0.717) is 11.3 Å². The van der Waals surface area contributed by atoms with E-state index < -0.39 is 6.04 Å². The number of H-pyrrole nitrogens is 1. The molecule has 0 spiro atoms. The first-order valence-electron chi connectivity index (χ1n) is 9.65. The normalized spacial score (nSPS) is 16.6. The fourth-order valence-corrected chi connectivity index (χ4v) is 3.80. The van der Waals surface area contributed by atoms with E-state index in [1.165, 1.54) is 15.8 Å². The first-order valence-corrected chi connectivity index (χ1v) is 9.65. The smallest absolute Gasteiger partial charge is 0.292 e. The molecule has 29 heavy (non-hydrogen) atoms. The van der Waals surface area contributed by atoms with Crippen LogP contribution in [-0.2, 0) is 16.0 Å². The molecule has 3 amide bonds. The van der Waals surface area contributed by atoms with E-state index in [9.17, 15) is 14.4 Å². The Balaban J connectivity index is 1.39. The molecule has 0 unspecified atom stereocenters. The van der Waals surface area contributed by atoms with Crippen LogP contribution in [0.1, 0.15) is 22.3 Å². The van der Waals surface area contributed by atoms with Crippen molar-refractivity contribution < 1.29 is 19.7 Å². The summed E-state index contributed by atoms with van der Waals surface area (Å²) in [5, 5.41) is 5.68. The third kappa shape index (κ3) is 3.64. The van der Waals surface area contributed by atoms with Crippen molar-refractivity contribution in [2.45, 2.75) is 18.9 Å². The van der Waals surface area contributed by atoms with Gasteiger partial charge in [0.05, 0.1) is 18.7 Å². The molecule has 1 saturated heterocycles. The number of imide groups is 1. The molecule has 2 heterocycles. The van der Waals surface area contributed by atoms with Crippen LogP contribution in [0, 0.1) is 0 Å². The van der Waals surface area contributed by atoms with Crippen LogP contribution in [0.15, 0.2) is 54.7 Å². The van der Waals surface area contributed by atoms with Gasteiger partial charge < -0.3 is 15.6 Å². The molecule has 0 bridgehead atoms. The highest BCUT2D eigenvalue weighted by Gasteiger charge is 2.42. The largest absolute Gasteiger partial charge is 0.361 e. The fraction of sp³-hybridized carbons (Fsp3) is 0.227. The van der Waals surface area contributed by atoms with E-state index in [1.54, 1.807) is 31.3 Å². The van der Waals surface area contributed by atoms with E-state index >= 15 is 0 Å². The molecule has 1 atom stereocenters. The van der Waals surface area contributed by atoms with Crippen molar-refractivity contribution in [1.82, 2.24) is 10.3 Å². The Bertz CT molecular complexity index is 1070. The van der Waals surface area contributed by atoms with Gasteiger partial charge in [0.2, 0.25) is 5.91 Å². The summed E-state index contributed by atoms with van der Waals surface area (Å²) in [6, 6.07) is 14.2. The van der Waals surface area contributed by atoms with Crippen LogP contribution < -0.4 is 15.5 Å². The number of amides is 3. The van der Waals surface area contributed by atoms with Crippen LogP contribution >= 0.6 is 0 Å². The topological polar surface area (TPSA) is 98.9 Å². The van der Waals surface area contributed by atoms with E-state index in [4.69, 9.17) is 0 Å². The third-order valence-electron chi connectivity index (χ3n) is 5.34. The summed E-state index contributed by atoms with van der Waals surface area (Å²) < 4.78 is 0. The summed E-state index contributed by atoms with van der Waals surface area (Å²) in [7, 11) is 1.56. The molecule has 3 aromatic rings. The molecule has 4 rings (SSSR count). The third-order valence-corrected chi connectivity index (χ3v) is 5.34. The van der Waals surface area contributed by atoms with Crippen molar-refractivity contribution in [1.29, 1.82) is 0 Å². The monoisotopic (exact) mass is 391 g/mol. The van der Waals surface area contributed by atoms with Gasteiger partial charge in [-0.15, -0.1) is 0 Å². The van der Waals surface area contributed by atoms with Crippen LogP contribution in [-0.4, -0.2) is 42.3 Å². The summed E-state index contributed by atoms with van der Waals surface area (Å²) in [6.45, 7) is 0.717. The minimum atomic E-state index is -0.411. The van der Waals surface area contributed by atoms with Gasteiger partial charge in [-0.1, -0.05) is 18.2 Å². The van der Waals surface area contributed by atoms with Gasteiger partial charge in [-0.3, -0.25) is 14.4 Å². The standard InChI is InChI=1S/C22H22N4O3/c1-23-21(28)14-6-8-16(9-7-14)26-20(27)12-19(22(26)29)24-11-10-15-13-25-18-5-3-2-4-17(15)18/h2-9,13,19,24-25H,10-12H2,1H3,(H,23,28)/p+1/t19-/m1/s1. The second kappa shape index (κ2) is 7.89. The van der Waals surface area contributed by atoms with Gasteiger partial charge >= 0.3 is 0 Å². The molecule has 0 saturated carbocycles. The lowest BCUT2D eigenvalue weighted by Gasteiger charge is -2.14. The number of hydrogen-bond donors (Lipinski definition) is 3. The van der Waals surface area contributed by atoms with Gasteiger partial charge in [-0.2, -0.15) is 0 Å². The maximum Gasteiger partial charge on any atom is 0.292 e. The molecule has 0 radical (unpaired) electrons. The van der Waals surface area contributed by atoms with Crippen LogP contribution in [0.2, 0.25) is 0 Å². The van der Waals surface area contributed by atoms with E-state index in [1.807, 2.05) is 29.7 Å². The predicted octanol–water partition coefficient (Wildman–Crippen LogP) is 0.966. The Labute approximate surface area is 168 Å². The number of rotatable bonds is 6. The second-order valence-electron chi connectivity index (χ2n) is 7.14. The van der Waals surface area contributed by atoms with Crippen molar-refractivity contribution in [2.24, 2.45) is 0 Å². The average molecular weight is 391 g/mol. The minimum Gasteiger partial charge on any atom is -0.361 e. The number of carbonyl (C=O) groups excluding carboxylic acids is 3. The summed E-state index contributed by atoms with van der Waals surface area (Å²) in [4.78, 5) is 41.4. The number of carbonyl (C=O) groups is 3. The number of nitrogens with zero attached hydrogens (tertiary/aromatic N) is 1. The summed E-state index contributed by atoms with van der Waals surface area (Å²) in [5.74, 6) is -0.628. The lowest BCUT2D eigenvalue weighted by Crippen LogP contribution is -2.92. The predicted molar refractivity (Wildman–Crippen MR) is 110 cm³/mol. The Kier molecular flexibility index (Phi) is 5.14. The molecule has 7 nitrogen and oxygen atoms in total. The van der Waals surface area contributed by atoms with Gasteiger partial charge in [0.15, 0.2) is 6.04 Å². The molecule has 1 aliphatic heterocycles. The maximum atomic E-state index is 12.8. The molecular weight excluding hydrogens is 368 g/mol. The van der Waals surface area contributed by atoms with E-state index in [-0.39, 0.29) is 24.1 Å². The maximum absolute atomic E-state index is 12.8. The number of aromatic amines is 1. The summed E-state index contributed by atoms with van der Waals surface area (Å²) in [5.41, 5.74) is 3.29. The SMILES string of the molecule is CNC(=O)c1ccc(N2C(=O)C[C@@H]([NH2+]CCc3c[nH]c4ccccc34)C2=O)cc1. The number of para-hydroxylation sites is 1. The zero-order chi connectivity index (χ0) is 20.4. The molecule has 1 aliphatic rings. The number of nitrogens with two attached hydrogens (primary N) is 1. The van der Waals surface area contributed by atoms with E-state index in [0.717, 1.165) is 18.5 Å². The number of hydrogen-bond acceptors (Lipinski definition) is 3. The van der Waals surface area contributed by atoms with Gasteiger partial charge in [0, 0.05) is 36.1 Å². The van der Waals surface area contributed by atoms with Crippen LogP contribution in [0.3, 0.4) is 0 Å². The Hall–Kier alpha value is -3.45. The van der Waals surface area contributed by atoms with Crippen molar-refractivity contribution in [3.63, 3.8) is 0 Å². The second-order valence-corrected chi connectivity index (χ2v) is 7.14. The molecule has 0 aliphatic carbocycles. The Morgan fingerprint density at radius 3 is 2.69 bits per heavy atom. The molecule has 4 N–H and O–H groups in total. The van der Waals surface area contributed by atoms with Crippen molar-refractivity contribution in [3.05, 3.63) is 65.9 Å². The highest BCUT2D eigenvalue weighted by atomic mass is 16.2. The lowest BCUT2D eigenvalue weighted by atomic mass is 10.1. The zero-order valence-corrected chi connectivity index (χ0v) is 16.1. The molecule has 7 heteroatoms. The number of anilines is 1. The first kappa shape index (κ1) is 18.9. The highest BCUT2D eigenvalue weighted by Crippen LogP contribution is 2.22. The van der Waals surface area contributed by atoms with Gasteiger partial charge in [0.1, 0.15) is 0 Å². The van der Waals surface area contributed by atoms with Crippen LogP contribution in [0.4, 0.5) is 5.69 Å². The van der Waals surface area contributed by atoms with Crippen molar-refractivity contribution in [3.8, 4) is 0 Å². The quantitative estimate of drug-likeness (QED) is 0.546. The summed E-state index contributed by atoms with van der Waals surface area (Å²) >= 11 is 0. The number of fused-ring (bicyclic) bond motifs is 1. The fourth-order valence-electron chi connectivity index (χ4n) is 3.80. The number of benzene rings is 2. The zero-order valence-electron chi connectivity index (χ0n) is 16.1. The molecule has 1 fully saturated rings. The number of aromatic nitrogens is 1.